The Morgan fingerprint density at radius 2 is 1.75 bits per heavy atom. The third-order valence-electron chi connectivity index (χ3n) is 6.58. The number of para-hydroxylation sites is 1. The molecule has 2 bridgehead atoms. The van der Waals surface area contributed by atoms with Gasteiger partial charge in [0.25, 0.3) is 5.91 Å². The Balaban J connectivity index is 1.31. The molecule has 4 heterocycles. The number of amides is 1. The molecule has 32 heavy (non-hydrogen) atoms. The minimum Gasteiger partial charge on any atom is -0.345 e. The Hall–Kier alpha value is -3.75. The van der Waals surface area contributed by atoms with Crippen molar-refractivity contribution in [3.8, 4) is 5.69 Å². The van der Waals surface area contributed by atoms with E-state index >= 15 is 0 Å². The molecule has 0 spiro atoms. The van der Waals surface area contributed by atoms with E-state index in [2.05, 4.69) is 15.1 Å². The highest BCUT2D eigenvalue weighted by molar-refractivity contribution is 5.98. The van der Waals surface area contributed by atoms with Crippen molar-refractivity contribution in [1.82, 2.24) is 29.7 Å². The van der Waals surface area contributed by atoms with Crippen molar-refractivity contribution in [2.24, 2.45) is 7.05 Å². The molecule has 0 saturated carbocycles. The summed E-state index contributed by atoms with van der Waals surface area (Å²) in [5.74, 6) is 0.519. The van der Waals surface area contributed by atoms with Gasteiger partial charge in [-0.3, -0.25) is 9.48 Å². The van der Waals surface area contributed by atoms with Gasteiger partial charge in [0.1, 0.15) is 5.82 Å². The van der Waals surface area contributed by atoms with Crippen molar-refractivity contribution in [1.29, 1.82) is 0 Å². The maximum Gasteiger partial charge on any atom is 0.256 e. The molecular weight excluding hydrogens is 409 g/mol. The van der Waals surface area contributed by atoms with Crippen molar-refractivity contribution < 1.29 is 9.18 Å². The summed E-state index contributed by atoms with van der Waals surface area (Å²) in [5.41, 5.74) is 2.16. The van der Waals surface area contributed by atoms with Crippen LogP contribution in [-0.2, 0) is 7.05 Å². The average molecular weight is 431 g/mol. The molecule has 9 heteroatoms. The van der Waals surface area contributed by atoms with E-state index < -0.39 is 0 Å². The summed E-state index contributed by atoms with van der Waals surface area (Å²) in [6.45, 7) is 1.20. The van der Waals surface area contributed by atoms with Crippen LogP contribution in [0.1, 0.15) is 23.2 Å². The fourth-order valence-electron chi connectivity index (χ4n) is 5.16. The van der Waals surface area contributed by atoms with E-state index in [0.29, 0.717) is 24.3 Å². The molecule has 0 aliphatic carbocycles. The van der Waals surface area contributed by atoms with Crippen LogP contribution in [0, 0.1) is 5.82 Å². The second-order valence-corrected chi connectivity index (χ2v) is 8.45. The maximum absolute atomic E-state index is 14.0. The van der Waals surface area contributed by atoms with Crippen molar-refractivity contribution in [3.63, 3.8) is 0 Å². The van der Waals surface area contributed by atoms with E-state index in [0.717, 1.165) is 29.6 Å². The highest BCUT2D eigenvalue weighted by atomic mass is 19.1. The number of halogens is 1. The zero-order valence-corrected chi connectivity index (χ0v) is 17.6. The van der Waals surface area contributed by atoms with Crippen molar-refractivity contribution in [3.05, 3.63) is 66.2 Å². The maximum atomic E-state index is 14.0. The lowest BCUT2D eigenvalue weighted by molar-refractivity contribution is 0.0717. The Morgan fingerprint density at radius 3 is 2.50 bits per heavy atom. The predicted octanol–water partition coefficient (Wildman–Crippen LogP) is 2.79. The lowest BCUT2D eigenvalue weighted by atomic mass is 10.1. The van der Waals surface area contributed by atoms with Gasteiger partial charge in [-0.1, -0.05) is 12.1 Å². The third-order valence-corrected chi connectivity index (χ3v) is 6.58. The van der Waals surface area contributed by atoms with Gasteiger partial charge in [0.05, 0.1) is 29.2 Å². The summed E-state index contributed by atoms with van der Waals surface area (Å²) in [5, 5.41) is 13.9. The molecule has 6 rings (SSSR count). The van der Waals surface area contributed by atoms with Crippen LogP contribution in [-0.4, -0.2) is 60.8 Å². The Morgan fingerprint density at radius 1 is 1.03 bits per heavy atom. The predicted molar refractivity (Wildman–Crippen MR) is 117 cm³/mol. The Kier molecular flexibility index (Phi) is 4.24. The molecule has 1 amide bonds. The number of benzene rings is 2. The fourth-order valence-corrected chi connectivity index (χ4v) is 5.16. The second-order valence-electron chi connectivity index (χ2n) is 8.45. The van der Waals surface area contributed by atoms with E-state index in [9.17, 15) is 9.18 Å². The number of aromatic nitrogens is 5. The van der Waals surface area contributed by atoms with Gasteiger partial charge in [-0.2, -0.15) is 20.1 Å². The largest absolute Gasteiger partial charge is 0.345 e. The first-order valence-electron chi connectivity index (χ1n) is 10.8. The number of carbonyl (C=O) groups excluding carboxylic acids is 1. The number of aryl methyl sites for hydroxylation is 1. The summed E-state index contributed by atoms with van der Waals surface area (Å²) in [7, 11) is 1.88. The Bertz CT molecular complexity index is 1300. The Labute approximate surface area is 183 Å². The molecule has 0 radical (unpaired) electrons. The van der Waals surface area contributed by atoms with Crippen LogP contribution >= 0.6 is 0 Å². The van der Waals surface area contributed by atoms with Crippen LogP contribution < -0.4 is 4.90 Å². The summed E-state index contributed by atoms with van der Waals surface area (Å²) in [6, 6.07) is 12.5. The fraction of sp³-hybridized carbons (Fsp3) is 0.304. The molecule has 8 nitrogen and oxygen atoms in total. The lowest BCUT2D eigenvalue weighted by Gasteiger charge is -2.41. The minimum atomic E-state index is -0.267. The summed E-state index contributed by atoms with van der Waals surface area (Å²) in [6.07, 6.45) is 5.15. The van der Waals surface area contributed by atoms with Crippen LogP contribution in [0.4, 0.5) is 10.2 Å². The quantitative estimate of drug-likeness (QED) is 0.499. The number of hydrogen-bond donors (Lipinski definition) is 0. The second kappa shape index (κ2) is 7.15. The van der Waals surface area contributed by atoms with Gasteiger partial charge >= 0.3 is 0 Å². The monoisotopic (exact) mass is 431 g/mol. The minimum absolute atomic E-state index is 0.0219. The number of rotatable bonds is 3. The lowest BCUT2D eigenvalue weighted by Crippen LogP contribution is -2.55. The topological polar surface area (TPSA) is 72.1 Å². The SMILES string of the molecule is Cn1nc(N2C3CCC2CN(C(=O)c2ccccc2-n2nccn2)C3)c2cc(F)ccc21. The van der Waals surface area contributed by atoms with Gasteiger partial charge in [0.15, 0.2) is 5.82 Å². The number of carbonyl (C=O) groups is 1. The van der Waals surface area contributed by atoms with E-state index in [4.69, 9.17) is 5.10 Å². The van der Waals surface area contributed by atoms with E-state index in [1.165, 1.54) is 10.9 Å². The summed E-state index contributed by atoms with van der Waals surface area (Å²) < 4.78 is 15.8. The first-order valence-corrected chi connectivity index (χ1v) is 10.8. The van der Waals surface area contributed by atoms with Gasteiger partial charge in [0, 0.05) is 37.6 Å². The molecule has 4 aromatic rings. The van der Waals surface area contributed by atoms with E-state index in [1.807, 2.05) is 36.2 Å². The summed E-state index contributed by atoms with van der Waals surface area (Å²) in [4.78, 5) is 19.2. The number of hydrogen-bond acceptors (Lipinski definition) is 5. The number of nitrogens with zero attached hydrogens (tertiary/aromatic N) is 7. The van der Waals surface area contributed by atoms with Gasteiger partial charge in [-0.05, 0) is 43.2 Å². The van der Waals surface area contributed by atoms with Crippen molar-refractivity contribution >= 4 is 22.6 Å². The molecular formula is C23H22FN7O. The number of piperazine rings is 1. The standard InChI is InChI=1S/C23H22FN7O/c1-28-20-9-6-15(24)12-19(20)22(27-28)30-16-7-8-17(30)14-29(13-16)23(32)18-4-2-3-5-21(18)31-25-10-11-26-31/h2-6,9-12,16-17H,7-8,13-14H2,1H3. The van der Waals surface area contributed by atoms with Crippen LogP contribution in [0.5, 0.6) is 0 Å². The summed E-state index contributed by atoms with van der Waals surface area (Å²) >= 11 is 0. The normalized spacial score (nSPS) is 20.3. The van der Waals surface area contributed by atoms with Crippen LogP contribution in [0.3, 0.4) is 0 Å². The first kappa shape index (κ1) is 19.0. The third kappa shape index (κ3) is 2.88. The number of anilines is 1. The highest BCUT2D eigenvalue weighted by Crippen LogP contribution is 2.38. The van der Waals surface area contributed by atoms with Crippen molar-refractivity contribution in [2.75, 3.05) is 18.0 Å². The highest BCUT2D eigenvalue weighted by Gasteiger charge is 2.43. The first-order chi connectivity index (χ1) is 15.6. The molecule has 0 N–H and O–H groups in total. The van der Waals surface area contributed by atoms with Crippen LogP contribution in [0.15, 0.2) is 54.9 Å². The molecule has 162 valence electrons. The van der Waals surface area contributed by atoms with E-state index in [1.54, 1.807) is 29.2 Å². The zero-order valence-electron chi connectivity index (χ0n) is 17.6. The number of fused-ring (bicyclic) bond motifs is 3. The molecule has 2 unspecified atom stereocenters. The zero-order chi connectivity index (χ0) is 21.8. The molecule has 2 aliphatic heterocycles. The van der Waals surface area contributed by atoms with Crippen LogP contribution in [0.2, 0.25) is 0 Å². The van der Waals surface area contributed by atoms with Crippen molar-refractivity contribution in [2.45, 2.75) is 24.9 Å². The van der Waals surface area contributed by atoms with Gasteiger partial charge in [-0.15, -0.1) is 0 Å². The molecule has 2 saturated heterocycles. The average Bonchev–Trinajstić information content (AvgIpc) is 3.50. The molecule has 2 aromatic heterocycles. The smallest absolute Gasteiger partial charge is 0.256 e. The molecule has 2 aliphatic rings. The molecule has 2 aromatic carbocycles. The number of likely N-dealkylation sites (tertiary alicyclic amines) is 1. The molecule has 2 fully saturated rings. The molecule has 2 atom stereocenters. The van der Waals surface area contributed by atoms with Crippen LogP contribution in [0.25, 0.3) is 16.6 Å². The van der Waals surface area contributed by atoms with E-state index in [-0.39, 0.29) is 23.8 Å². The van der Waals surface area contributed by atoms with Gasteiger partial charge < -0.3 is 9.80 Å². The van der Waals surface area contributed by atoms with Gasteiger partial charge in [-0.25, -0.2) is 4.39 Å². The van der Waals surface area contributed by atoms with Gasteiger partial charge in [0.2, 0.25) is 0 Å².